The number of rotatable bonds is 9. The van der Waals surface area contributed by atoms with Gasteiger partial charge in [-0.1, -0.05) is 249 Å². The van der Waals surface area contributed by atoms with Crippen LogP contribution in [0.25, 0.3) is 208 Å². The molecular formula is C102H64N4OS. The molecule has 504 valence electrons. The Labute approximate surface area is 625 Å². The summed E-state index contributed by atoms with van der Waals surface area (Å²) in [7, 11) is 0. The van der Waals surface area contributed by atoms with Crippen molar-refractivity contribution in [3.63, 3.8) is 0 Å². The second-order valence-corrected chi connectivity index (χ2v) is 29.4. The third-order valence-electron chi connectivity index (χ3n) is 22.2. The highest BCUT2D eigenvalue weighted by Crippen LogP contribution is 2.45. The summed E-state index contributed by atoms with van der Waals surface area (Å²) in [4.78, 5) is 0. The van der Waals surface area contributed by atoms with Gasteiger partial charge in [0.2, 0.25) is 0 Å². The quantitative estimate of drug-likeness (QED) is 0.142. The first-order valence-electron chi connectivity index (χ1n) is 36.9. The van der Waals surface area contributed by atoms with Crippen LogP contribution in [0.1, 0.15) is 0 Å². The van der Waals surface area contributed by atoms with E-state index in [1.54, 1.807) is 0 Å². The summed E-state index contributed by atoms with van der Waals surface area (Å²) in [5, 5.41) is 14.9. The van der Waals surface area contributed by atoms with Crippen LogP contribution < -0.4 is 0 Å². The monoisotopic (exact) mass is 1390 g/mol. The molecule has 6 heterocycles. The summed E-state index contributed by atoms with van der Waals surface area (Å²) in [6.45, 7) is 0. The number of thiophene rings is 1. The van der Waals surface area contributed by atoms with Gasteiger partial charge in [-0.2, -0.15) is 0 Å². The summed E-state index contributed by atoms with van der Waals surface area (Å²) < 4.78 is 18.5. The van der Waals surface area contributed by atoms with Crippen LogP contribution in [0.15, 0.2) is 393 Å². The Balaban J connectivity index is 0.000000135. The fraction of sp³-hybridized carbons (Fsp3) is 0. The number of hydrogen-bond donors (Lipinski definition) is 0. The lowest BCUT2D eigenvalue weighted by Crippen LogP contribution is -1.96. The average molecular weight is 1390 g/mol. The fourth-order valence-electron chi connectivity index (χ4n) is 17.2. The first-order valence-corrected chi connectivity index (χ1v) is 37.7. The van der Waals surface area contributed by atoms with Crippen LogP contribution in [-0.2, 0) is 0 Å². The highest BCUT2D eigenvalue weighted by Gasteiger charge is 2.22. The van der Waals surface area contributed by atoms with Gasteiger partial charge in [0.25, 0.3) is 0 Å². The summed E-state index contributed by atoms with van der Waals surface area (Å²) in [6.07, 6.45) is 0. The van der Waals surface area contributed by atoms with Crippen molar-refractivity contribution in [3.8, 4) is 78.4 Å². The van der Waals surface area contributed by atoms with Gasteiger partial charge < -0.3 is 22.7 Å². The maximum Gasteiger partial charge on any atom is 0.135 e. The zero-order chi connectivity index (χ0) is 70.9. The van der Waals surface area contributed by atoms with Crippen LogP contribution in [-0.4, -0.2) is 18.3 Å². The fourth-order valence-corrected chi connectivity index (χ4v) is 18.3. The van der Waals surface area contributed by atoms with Crippen molar-refractivity contribution in [2.24, 2.45) is 0 Å². The lowest BCUT2D eigenvalue weighted by molar-refractivity contribution is 0.669. The predicted molar refractivity (Wildman–Crippen MR) is 458 cm³/mol. The van der Waals surface area contributed by atoms with Crippen molar-refractivity contribution in [3.05, 3.63) is 388 Å². The summed E-state index contributed by atoms with van der Waals surface area (Å²) >= 11 is 1.86. The molecule has 17 aromatic carbocycles. The average Bonchev–Trinajstić information content (AvgIpc) is 1.58. The summed E-state index contributed by atoms with van der Waals surface area (Å²) in [6, 6.07) is 141. The van der Waals surface area contributed by atoms with Gasteiger partial charge >= 0.3 is 0 Å². The van der Waals surface area contributed by atoms with E-state index >= 15 is 0 Å². The molecule has 0 N–H and O–H groups in total. The molecule has 0 saturated heterocycles. The third-order valence-corrected chi connectivity index (χ3v) is 23.4. The van der Waals surface area contributed by atoms with Crippen molar-refractivity contribution < 1.29 is 4.42 Å². The number of para-hydroxylation sites is 5. The molecule has 6 heteroatoms. The van der Waals surface area contributed by atoms with Crippen LogP contribution in [0.5, 0.6) is 0 Å². The van der Waals surface area contributed by atoms with E-state index in [1.807, 2.05) is 23.5 Å². The van der Waals surface area contributed by atoms with E-state index in [0.717, 1.165) is 39.0 Å². The Morgan fingerprint density at radius 2 is 0.500 bits per heavy atom. The van der Waals surface area contributed by atoms with Gasteiger partial charge in [-0.25, -0.2) is 0 Å². The highest BCUT2D eigenvalue weighted by atomic mass is 32.1. The van der Waals surface area contributed by atoms with E-state index in [4.69, 9.17) is 4.42 Å². The topological polar surface area (TPSA) is 32.9 Å². The highest BCUT2D eigenvalue weighted by molar-refractivity contribution is 7.25. The Morgan fingerprint density at radius 3 is 1.04 bits per heavy atom. The predicted octanol–water partition coefficient (Wildman–Crippen LogP) is 28.4. The van der Waals surface area contributed by atoms with Crippen LogP contribution in [0.2, 0.25) is 0 Å². The largest absolute Gasteiger partial charge is 0.456 e. The zero-order valence-corrected chi connectivity index (χ0v) is 59.4. The number of nitrogens with zero attached hydrogens (tertiary/aromatic N) is 4. The van der Waals surface area contributed by atoms with Crippen molar-refractivity contribution in [2.45, 2.75) is 0 Å². The van der Waals surface area contributed by atoms with Crippen LogP contribution >= 0.6 is 11.3 Å². The molecule has 5 nitrogen and oxygen atoms in total. The maximum absolute atomic E-state index is 6.18. The van der Waals surface area contributed by atoms with Crippen LogP contribution in [0.4, 0.5) is 0 Å². The standard InChI is InChI=1S/C54H34N2S.C48H30N2O/c1-3-13-35(14-4-1)39-29-40(36-15-5-2-6-16-36)31-42(30-39)56-50-21-11-8-18-44(50)47-32-37(24-27-51(47)56)38-23-26-45-43-17-7-10-20-49(43)55(52(45)33-38)41-25-28-54-48(34-41)46-19-9-12-22-53(46)57-54;1-2-10-31(11-3-1)32-18-22-35(23-19-32)49-44-16-8-5-13-38(44)41-28-33(21-26-45(41)49)34-20-25-39-37-12-4-7-15-43(37)50(46(39)29-34)36-24-27-48-42(30-36)40-14-6-9-17-47(40)51-48/h1-34H;1-30H. The Morgan fingerprint density at radius 1 is 0.157 bits per heavy atom. The normalized spacial score (nSPS) is 11.9. The Hall–Kier alpha value is -14.0. The van der Waals surface area contributed by atoms with E-state index in [0.29, 0.717) is 0 Å². The van der Waals surface area contributed by atoms with E-state index < -0.39 is 0 Å². The number of hydrogen-bond acceptors (Lipinski definition) is 2. The number of furan rings is 1. The molecule has 0 aliphatic rings. The molecule has 23 rings (SSSR count). The zero-order valence-electron chi connectivity index (χ0n) is 58.6. The molecule has 0 saturated carbocycles. The van der Waals surface area contributed by atoms with Gasteiger partial charge in [-0.05, 0) is 195 Å². The molecular weight excluding hydrogens is 1330 g/mol. The number of fused-ring (bicyclic) bond motifs is 18. The van der Waals surface area contributed by atoms with Gasteiger partial charge in [-0.15, -0.1) is 11.3 Å². The molecule has 0 radical (unpaired) electrons. The minimum atomic E-state index is 0.904. The molecule has 0 bridgehead atoms. The number of benzene rings is 17. The van der Waals surface area contributed by atoms with Gasteiger partial charge in [0, 0.05) is 96.8 Å². The smallest absolute Gasteiger partial charge is 0.135 e. The Kier molecular flexibility index (Phi) is 14.1. The lowest BCUT2D eigenvalue weighted by atomic mass is 9.98. The van der Waals surface area contributed by atoms with Crippen molar-refractivity contribution >= 4 is 141 Å². The summed E-state index contributed by atoms with van der Waals surface area (Å²) in [5.74, 6) is 0. The lowest BCUT2D eigenvalue weighted by Gasteiger charge is -2.14. The Bertz CT molecular complexity index is 7480. The molecule has 0 unspecified atom stereocenters. The van der Waals surface area contributed by atoms with Crippen molar-refractivity contribution in [1.82, 2.24) is 18.3 Å². The maximum atomic E-state index is 6.18. The second-order valence-electron chi connectivity index (χ2n) is 28.3. The second kappa shape index (κ2) is 24.8. The third kappa shape index (κ3) is 9.99. The van der Waals surface area contributed by atoms with E-state index in [9.17, 15) is 0 Å². The first kappa shape index (κ1) is 61.4. The molecule has 108 heavy (non-hydrogen) atoms. The number of aromatic nitrogens is 4. The summed E-state index contributed by atoms with van der Waals surface area (Å²) in [5.41, 5.74) is 28.0. The SMILES string of the molecule is c1ccc(-c2cc(-c3ccccc3)cc(-n3c4ccccc4c4cc(-c5ccc6c7ccccc7n(-c7ccc8sc9ccccc9c8c7)c6c5)ccc43)c2)cc1.c1ccc(-c2ccc(-n3c4ccccc4c4cc(-c5ccc6c7ccccc7n(-c7ccc8oc9ccccc9c8c7)c6c5)ccc43)cc2)cc1. The van der Waals surface area contributed by atoms with Crippen molar-refractivity contribution in [2.75, 3.05) is 0 Å². The van der Waals surface area contributed by atoms with Crippen molar-refractivity contribution in [1.29, 1.82) is 0 Å². The molecule has 6 aromatic heterocycles. The molecule has 0 fully saturated rings. The van der Waals surface area contributed by atoms with Gasteiger partial charge in [0.15, 0.2) is 0 Å². The molecule has 0 spiro atoms. The van der Waals surface area contributed by atoms with Crippen LogP contribution in [0.3, 0.4) is 0 Å². The molecule has 0 aliphatic carbocycles. The van der Waals surface area contributed by atoms with Gasteiger partial charge in [-0.3, -0.25) is 0 Å². The molecule has 0 amide bonds. The molecule has 23 aromatic rings. The van der Waals surface area contributed by atoms with Crippen LogP contribution in [0, 0.1) is 0 Å². The van der Waals surface area contributed by atoms with E-state index in [1.165, 1.54) is 169 Å². The first-order chi connectivity index (χ1) is 53.5. The van der Waals surface area contributed by atoms with E-state index in [-0.39, 0.29) is 0 Å². The van der Waals surface area contributed by atoms with Gasteiger partial charge in [0.05, 0.1) is 44.1 Å². The van der Waals surface area contributed by atoms with Gasteiger partial charge in [0.1, 0.15) is 11.2 Å². The minimum Gasteiger partial charge on any atom is -0.456 e. The molecule has 0 aliphatic heterocycles. The molecule has 0 atom stereocenters. The van der Waals surface area contributed by atoms with E-state index in [2.05, 4.69) is 394 Å². The minimum absolute atomic E-state index is 0.904.